The lowest BCUT2D eigenvalue weighted by atomic mass is 9.95. The molecule has 96 valence electrons. The maximum absolute atomic E-state index is 12.6. The second-order valence-electron chi connectivity index (χ2n) is 3.79. The number of amides is 1. The zero-order valence-electron chi connectivity index (χ0n) is 9.21. The third-order valence-corrected chi connectivity index (χ3v) is 2.62. The molecule has 0 atom stereocenters. The molecule has 0 saturated carbocycles. The average Bonchev–Trinajstić information content (AvgIpc) is 2.15. The van der Waals surface area contributed by atoms with E-state index in [-0.39, 0.29) is 12.8 Å². The Bertz CT molecular complexity index is 257. The van der Waals surface area contributed by atoms with Crippen molar-refractivity contribution >= 4 is 5.91 Å². The summed E-state index contributed by atoms with van der Waals surface area (Å²) in [5.41, 5.74) is -1.05. The first kappa shape index (κ1) is 15.1. The minimum atomic E-state index is -5.86. The fraction of sp³-hybridized carbons (Fsp3) is 0.889. The Hall–Kier alpha value is -0.880. The fourth-order valence-electron chi connectivity index (χ4n) is 0.908. The molecule has 0 aliphatic heterocycles. The van der Waals surface area contributed by atoms with Crippen molar-refractivity contribution in [2.24, 2.45) is 0 Å². The molecule has 0 saturated heterocycles. The van der Waals surface area contributed by atoms with E-state index in [1.54, 1.807) is 19.2 Å². The molecule has 0 aromatic rings. The van der Waals surface area contributed by atoms with E-state index in [9.17, 15) is 26.7 Å². The molecule has 0 radical (unpaired) electrons. The van der Waals surface area contributed by atoms with Crippen molar-refractivity contribution in [1.82, 2.24) is 5.32 Å². The van der Waals surface area contributed by atoms with Crippen LogP contribution in [0.1, 0.15) is 33.6 Å². The molecule has 7 heteroatoms. The normalized spacial score (nSPS) is 13.8. The number of nitrogens with one attached hydrogen (secondary N) is 1. The molecule has 0 spiro atoms. The molecule has 0 aliphatic carbocycles. The van der Waals surface area contributed by atoms with Crippen LogP contribution in [0.15, 0.2) is 0 Å². The van der Waals surface area contributed by atoms with Crippen molar-refractivity contribution in [2.45, 2.75) is 51.3 Å². The highest BCUT2D eigenvalue weighted by Gasteiger charge is 2.63. The Morgan fingerprint density at radius 1 is 1.06 bits per heavy atom. The number of halogens is 5. The van der Waals surface area contributed by atoms with Crippen LogP contribution in [0.4, 0.5) is 22.0 Å². The summed E-state index contributed by atoms with van der Waals surface area (Å²) in [6.45, 7) is 4.60. The number of hydrogen-bond acceptors (Lipinski definition) is 1. The highest BCUT2D eigenvalue weighted by molar-refractivity contribution is 5.84. The standard InChI is InChI=1S/C9H14F5NO/c1-4-7(3,5-2)15-6(16)8(10,11)9(12,13)14/h4-5H2,1-3H3,(H,15,16). The molecule has 0 aliphatic rings. The van der Waals surface area contributed by atoms with Crippen LogP contribution in [0.2, 0.25) is 0 Å². The third kappa shape index (κ3) is 3.05. The van der Waals surface area contributed by atoms with Crippen molar-refractivity contribution < 1.29 is 26.7 Å². The molecule has 0 aromatic carbocycles. The SMILES string of the molecule is CCC(C)(CC)NC(=O)C(F)(F)C(F)(F)F. The van der Waals surface area contributed by atoms with E-state index in [2.05, 4.69) is 0 Å². The average molecular weight is 247 g/mol. The summed E-state index contributed by atoms with van der Waals surface area (Å²) in [6, 6.07) is 0. The summed E-state index contributed by atoms with van der Waals surface area (Å²) >= 11 is 0. The molecule has 0 fully saturated rings. The van der Waals surface area contributed by atoms with Crippen molar-refractivity contribution in [3.63, 3.8) is 0 Å². The molecule has 0 heterocycles. The van der Waals surface area contributed by atoms with Crippen molar-refractivity contribution in [1.29, 1.82) is 0 Å². The smallest absolute Gasteiger partial charge is 0.345 e. The summed E-state index contributed by atoms with van der Waals surface area (Å²) in [6.07, 6.45) is -5.33. The minimum absolute atomic E-state index is 0.267. The largest absolute Gasteiger partial charge is 0.463 e. The molecule has 0 bridgehead atoms. The van der Waals surface area contributed by atoms with Gasteiger partial charge in [0.05, 0.1) is 0 Å². The number of rotatable bonds is 4. The van der Waals surface area contributed by atoms with Gasteiger partial charge in [0.1, 0.15) is 0 Å². The molecular weight excluding hydrogens is 233 g/mol. The first-order valence-corrected chi connectivity index (χ1v) is 4.77. The van der Waals surface area contributed by atoms with Gasteiger partial charge in [0, 0.05) is 5.54 Å². The monoisotopic (exact) mass is 247 g/mol. The number of carbonyl (C=O) groups excluding carboxylic acids is 1. The molecule has 0 unspecified atom stereocenters. The minimum Gasteiger partial charge on any atom is -0.345 e. The van der Waals surface area contributed by atoms with Crippen LogP contribution >= 0.6 is 0 Å². The summed E-state index contributed by atoms with van der Waals surface area (Å²) in [7, 11) is 0. The lowest BCUT2D eigenvalue weighted by molar-refractivity contribution is -0.270. The number of alkyl halides is 5. The first-order valence-electron chi connectivity index (χ1n) is 4.77. The van der Waals surface area contributed by atoms with Crippen LogP contribution < -0.4 is 5.32 Å². The maximum Gasteiger partial charge on any atom is 0.463 e. The van der Waals surface area contributed by atoms with Gasteiger partial charge >= 0.3 is 18.0 Å². The van der Waals surface area contributed by atoms with Gasteiger partial charge in [-0.2, -0.15) is 22.0 Å². The lowest BCUT2D eigenvalue weighted by Crippen LogP contribution is -2.56. The zero-order valence-corrected chi connectivity index (χ0v) is 9.21. The van der Waals surface area contributed by atoms with Crippen LogP contribution in [0.25, 0.3) is 0 Å². The second-order valence-corrected chi connectivity index (χ2v) is 3.79. The van der Waals surface area contributed by atoms with Crippen LogP contribution in [0.3, 0.4) is 0 Å². The van der Waals surface area contributed by atoms with E-state index in [1.807, 2.05) is 0 Å². The first-order chi connectivity index (χ1) is 7.00. The van der Waals surface area contributed by atoms with Gasteiger partial charge in [-0.3, -0.25) is 4.79 Å². The Balaban J connectivity index is 4.84. The van der Waals surface area contributed by atoms with Crippen molar-refractivity contribution in [2.75, 3.05) is 0 Å². The zero-order chi connectivity index (χ0) is 13.2. The van der Waals surface area contributed by atoms with Crippen LogP contribution in [0, 0.1) is 0 Å². The summed E-state index contributed by atoms with van der Waals surface area (Å²) in [5, 5.41) is 1.73. The Labute approximate surface area is 90.2 Å². The molecule has 0 aromatic heterocycles. The number of hydrogen-bond donors (Lipinski definition) is 1. The van der Waals surface area contributed by atoms with Gasteiger partial charge in [-0.25, -0.2) is 0 Å². The van der Waals surface area contributed by atoms with Gasteiger partial charge in [-0.15, -0.1) is 0 Å². The second kappa shape index (κ2) is 4.55. The van der Waals surface area contributed by atoms with Crippen LogP contribution in [-0.4, -0.2) is 23.5 Å². The predicted octanol–water partition coefficient (Wildman–Crippen LogP) is 2.88. The van der Waals surface area contributed by atoms with E-state index in [0.717, 1.165) is 0 Å². The topological polar surface area (TPSA) is 29.1 Å². The van der Waals surface area contributed by atoms with Gasteiger partial charge in [0.15, 0.2) is 0 Å². The van der Waals surface area contributed by atoms with E-state index in [0.29, 0.717) is 0 Å². The van der Waals surface area contributed by atoms with Crippen molar-refractivity contribution in [3.8, 4) is 0 Å². The molecule has 0 rings (SSSR count). The Kier molecular flexibility index (Phi) is 4.30. The van der Waals surface area contributed by atoms with Crippen LogP contribution in [0.5, 0.6) is 0 Å². The van der Waals surface area contributed by atoms with E-state index in [1.165, 1.54) is 6.92 Å². The van der Waals surface area contributed by atoms with Gasteiger partial charge in [-0.05, 0) is 19.8 Å². The Morgan fingerprint density at radius 3 is 1.69 bits per heavy atom. The van der Waals surface area contributed by atoms with Crippen molar-refractivity contribution in [3.05, 3.63) is 0 Å². The van der Waals surface area contributed by atoms with Gasteiger partial charge in [-0.1, -0.05) is 13.8 Å². The molecule has 1 amide bonds. The van der Waals surface area contributed by atoms with Gasteiger partial charge in [0.2, 0.25) is 0 Å². The molecule has 16 heavy (non-hydrogen) atoms. The maximum atomic E-state index is 12.6. The fourth-order valence-corrected chi connectivity index (χ4v) is 0.908. The number of carbonyl (C=O) groups is 1. The highest BCUT2D eigenvalue weighted by Crippen LogP contribution is 2.36. The summed E-state index contributed by atoms with van der Waals surface area (Å²) < 4.78 is 60.7. The van der Waals surface area contributed by atoms with E-state index < -0.39 is 23.5 Å². The predicted molar refractivity (Wildman–Crippen MR) is 48.1 cm³/mol. The Morgan fingerprint density at radius 2 is 1.44 bits per heavy atom. The van der Waals surface area contributed by atoms with Gasteiger partial charge < -0.3 is 5.32 Å². The molecular formula is C9H14F5NO. The van der Waals surface area contributed by atoms with Crippen LogP contribution in [-0.2, 0) is 4.79 Å². The molecule has 1 N–H and O–H groups in total. The summed E-state index contributed by atoms with van der Waals surface area (Å²) in [5.74, 6) is -7.65. The van der Waals surface area contributed by atoms with Gasteiger partial charge in [0.25, 0.3) is 0 Å². The van der Waals surface area contributed by atoms with E-state index >= 15 is 0 Å². The quantitative estimate of drug-likeness (QED) is 0.760. The van der Waals surface area contributed by atoms with E-state index in [4.69, 9.17) is 0 Å². The summed E-state index contributed by atoms with van der Waals surface area (Å²) in [4.78, 5) is 10.9. The lowest BCUT2D eigenvalue weighted by Gasteiger charge is -2.30. The highest BCUT2D eigenvalue weighted by atomic mass is 19.4. The third-order valence-electron chi connectivity index (χ3n) is 2.62. The molecule has 2 nitrogen and oxygen atoms in total.